The van der Waals surface area contributed by atoms with E-state index in [0.29, 0.717) is 17.3 Å². The van der Waals surface area contributed by atoms with E-state index in [1.807, 2.05) is 12.1 Å². The number of benzene rings is 1. The quantitative estimate of drug-likeness (QED) is 0.926. The summed E-state index contributed by atoms with van der Waals surface area (Å²) in [7, 11) is 0. The van der Waals surface area contributed by atoms with Crippen LogP contribution in [0, 0.1) is 11.3 Å². The molecule has 0 aliphatic heterocycles. The van der Waals surface area contributed by atoms with Crippen molar-refractivity contribution in [3.63, 3.8) is 0 Å². The van der Waals surface area contributed by atoms with Crippen molar-refractivity contribution in [1.82, 2.24) is 9.78 Å². The zero-order valence-corrected chi connectivity index (χ0v) is 11.8. The van der Waals surface area contributed by atoms with Gasteiger partial charge in [-0.3, -0.25) is 0 Å². The number of hydrogen-bond donors (Lipinski definition) is 1. The van der Waals surface area contributed by atoms with Gasteiger partial charge in [0.25, 0.3) is 0 Å². The molecule has 0 amide bonds. The molecule has 4 nitrogen and oxygen atoms in total. The van der Waals surface area contributed by atoms with Crippen LogP contribution < -0.4 is 5.73 Å². The van der Waals surface area contributed by atoms with E-state index in [0.717, 1.165) is 15.9 Å². The Bertz CT molecular complexity index is 605. The second kappa shape index (κ2) is 4.83. The Labute approximate surface area is 114 Å². The number of aromatic nitrogens is 2. The van der Waals surface area contributed by atoms with E-state index < -0.39 is 0 Å². The molecule has 0 radical (unpaired) electrons. The van der Waals surface area contributed by atoms with Crippen LogP contribution in [0.5, 0.6) is 0 Å². The van der Waals surface area contributed by atoms with E-state index in [2.05, 4.69) is 40.9 Å². The van der Waals surface area contributed by atoms with Gasteiger partial charge in [-0.25, -0.2) is 4.68 Å². The zero-order valence-electron chi connectivity index (χ0n) is 10.2. The van der Waals surface area contributed by atoms with Crippen LogP contribution in [-0.2, 0) is 0 Å². The standard InChI is InChI=1S/C13H13BrN4/c1-8(2)12-11(14)13(16)18(17-12)10-5-3-9(7-15)4-6-10/h3-6,8H,16H2,1-2H3. The average molecular weight is 305 g/mol. The van der Waals surface area contributed by atoms with E-state index >= 15 is 0 Å². The molecule has 1 heterocycles. The molecule has 0 bridgehead atoms. The van der Waals surface area contributed by atoms with Crippen LogP contribution in [0.25, 0.3) is 5.69 Å². The summed E-state index contributed by atoms with van der Waals surface area (Å²) in [6.07, 6.45) is 0. The molecule has 1 aromatic carbocycles. The number of hydrogen-bond acceptors (Lipinski definition) is 3. The average Bonchev–Trinajstić information content (AvgIpc) is 2.67. The van der Waals surface area contributed by atoms with Gasteiger partial charge in [-0.05, 0) is 46.1 Å². The van der Waals surface area contributed by atoms with Gasteiger partial charge in [0.2, 0.25) is 0 Å². The maximum atomic E-state index is 8.77. The minimum atomic E-state index is 0.293. The SMILES string of the molecule is CC(C)c1nn(-c2ccc(C#N)cc2)c(N)c1Br. The van der Waals surface area contributed by atoms with Crippen molar-refractivity contribution in [1.29, 1.82) is 5.26 Å². The van der Waals surface area contributed by atoms with Crippen molar-refractivity contribution < 1.29 is 0 Å². The van der Waals surface area contributed by atoms with Gasteiger partial charge in [-0.1, -0.05) is 13.8 Å². The first-order chi connectivity index (χ1) is 8.54. The third-order valence-electron chi connectivity index (χ3n) is 2.67. The van der Waals surface area contributed by atoms with Crippen molar-refractivity contribution in [3.05, 3.63) is 40.0 Å². The molecule has 18 heavy (non-hydrogen) atoms. The van der Waals surface area contributed by atoms with Crippen molar-refractivity contribution in [2.24, 2.45) is 0 Å². The van der Waals surface area contributed by atoms with Gasteiger partial charge in [-0.2, -0.15) is 10.4 Å². The Kier molecular flexibility index (Phi) is 3.39. The maximum absolute atomic E-state index is 8.77. The summed E-state index contributed by atoms with van der Waals surface area (Å²) in [6.45, 7) is 4.13. The van der Waals surface area contributed by atoms with E-state index in [-0.39, 0.29) is 0 Å². The number of halogens is 1. The molecule has 0 saturated carbocycles. The van der Waals surface area contributed by atoms with Gasteiger partial charge in [0.05, 0.1) is 27.5 Å². The maximum Gasteiger partial charge on any atom is 0.141 e. The highest BCUT2D eigenvalue weighted by atomic mass is 79.9. The van der Waals surface area contributed by atoms with Gasteiger partial charge < -0.3 is 5.73 Å². The van der Waals surface area contributed by atoms with Crippen LogP contribution in [0.15, 0.2) is 28.7 Å². The second-order valence-electron chi connectivity index (χ2n) is 4.31. The first-order valence-corrected chi connectivity index (χ1v) is 6.38. The second-order valence-corrected chi connectivity index (χ2v) is 5.10. The van der Waals surface area contributed by atoms with E-state index in [1.165, 1.54) is 0 Å². The lowest BCUT2D eigenvalue weighted by molar-refractivity contribution is 0.769. The van der Waals surface area contributed by atoms with Crippen LogP contribution in [0.2, 0.25) is 0 Å². The number of rotatable bonds is 2. The Morgan fingerprint density at radius 1 is 1.33 bits per heavy atom. The molecular formula is C13H13BrN4. The molecule has 1 aromatic heterocycles. The van der Waals surface area contributed by atoms with Crippen LogP contribution in [0.1, 0.15) is 31.0 Å². The largest absolute Gasteiger partial charge is 0.383 e. The van der Waals surface area contributed by atoms with Crippen LogP contribution in [-0.4, -0.2) is 9.78 Å². The molecule has 92 valence electrons. The minimum Gasteiger partial charge on any atom is -0.383 e. The summed E-state index contributed by atoms with van der Waals surface area (Å²) >= 11 is 3.47. The molecule has 5 heteroatoms. The number of anilines is 1. The molecule has 2 rings (SSSR count). The smallest absolute Gasteiger partial charge is 0.141 e. The van der Waals surface area contributed by atoms with Gasteiger partial charge in [0, 0.05) is 0 Å². The predicted molar refractivity (Wildman–Crippen MR) is 74.5 cm³/mol. The molecule has 0 atom stereocenters. The summed E-state index contributed by atoms with van der Waals surface area (Å²) < 4.78 is 2.52. The third-order valence-corrected chi connectivity index (χ3v) is 3.49. The Morgan fingerprint density at radius 2 is 1.94 bits per heavy atom. The topological polar surface area (TPSA) is 67.6 Å². The van der Waals surface area contributed by atoms with Crippen molar-refractivity contribution >= 4 is 21.7 Å². The number of nitrogens with two attached hydrogens (primary N) is 1. The summed E-state index contributed by atoms with van der Waals surface area (Å²) in [5.41, 5.74) is 8.42. The fourth-order valence-corrected chi connectivity index (χ4v) is 2.38. The lowest BCUT2D eigenvalue weighted by Crippen LogP contribution is -2.02. The van der Waals surface area contributed by atoms with Gasteiger partial charge in [-0.15, -0.1) is 0 Å². The fraction of sp³-hybridized carbons (Fsp3) is 0.231. The fourth-order valence-electron chi connectivity index (χ4n) is 1.67. The van der Waals surface area contributed by atoms with Gasteiger partial charge in [0.15, 0.2) is 0 Å². The summed E-state index contributed by atoms with van der Waals surface area (Å²) in [5.74, 6) is 0.865. The lowest BCUT2D eigenvalue weighted by atomic mass is 10.1. The minimum absolute atomic E-state index is 0.293. The van der Waals surface area contributed by atoms with Crippen LogP contribution >= 0.6 is 15.9 Å². The summed E-state index contributed by atoms with van der Waals surface area (Å²) in [5, 5.41) is 13.3. The highest BCUT2D eigenvalue weighted by Gasteiger charge is 2.16. The molecule has 0 unspecified atom stereocenters. The lowest BCUT2D eigenvalue weighted by Gasteiger charge is -2.03. The molecular weight excluding hydrogens is 292 g/mol. The summed E-state index contributed by atoms with van der Waals surface area (Å²) in [6, 6.07) is 9.25. The normalized spacial score (nSPS) is 10.6. The Balaban J connectivity index is 2.51. The van der Waals surface area contributed by atoms with Gasteiger partial charge >= 0.3 is 0 Å². The zero-order chi connectivity index (χ0) is 13.3. The van der Waals surface area contributed by atoms with Crippen LogP contribution in [0.4, 0.5) is 5.82 Å². The Morgan fingerprint density at radius 3 is 2.39 bits per heavy atom. The monoisotopic (exact) mass is 304 g/mol. The number of nitriles is 1. The number of nitrogen functional groups attached to an aromatic ring is 1. The molecule has 0 fully saturated rings. The van der Waals surface area contributed by atoms with E-state index in [9.17, 15) is 0 Å². The molecule has 0 aliphatic carbocycles. The molecule has 0 saturated heterocycles. The molecule has 2 aromatic rings. The molecule has 0 aliphatic rings. The van der Waals surface area contributed by atoms with E-state index in [1.54, 1.807) is 16.8 Å². The predicted octanol–water partition coefficient (Wildman–Crippen LogP) is 3.21. The van der Waals surface area contributed by atoms with Crippen molar-refractivity contribution in [2.75, 3.05) is 5.73 Å². The van der Waals surface area contributed by atoms with Crippen molar-refractivity contribution in [3.8, 4) is 11.8 Å². The first kappa shape index (κ1) is 12.7. The van der Waals surface area contributed by atoms with Gasteiger partial charge in [0.1, 0.15) is 5.82 Å². The molecule has 2 N–H and O–H groups in total. The third kappa shape index (κ3) is 2.12. The highest BCUT2D eigenvalue weighted by Crippen LogP contribution is 2.31. The van der Waals surface area contributed by atoms with Crippen LogP contribution in [0.3, 0.4) is 0 Å². The van der Waals surface area contributed by atoms with Crippen molar-refractivity contribution in [2.45, 2.75) is 19.8 Å². The first-order valence-electron chi connectivity index (χ1n) is 5.59. The summed E-state index contributed by atoms with van der Waals surface area (Å²) in [4.78, 5) is 0. The highest BCUT2D eigenvalue weighted by molar-refractivity contribution is 9.10. The Hall–Kier alpha value is -1.80. The molecule has 0 spiro atoms. The number of nitrogens with zero attached hydrogens (tertiary/aromatic N) is 3. The van der Waals surface area contributed by atoms with E-state index in [4.69, 9.17) is 11.0 Å².